The highest BCUT2D eigenvalue weighted by atomic mass is 16.3. The van der Waals surface area contributed by atoms with Crippen LogP contribution in [0.3, 0.4) is 0 Å². The first-order chi connectivity index (χ1) is 7.69. The number of aromatic nitrogens is 2. The molecule has 5 N–H and O–H groups in total. The van der Waals surface area contributed by atoms with Gasteiger partial charge in [0.05, 0.1) is 6.61 Å². The van der Waals surface area contributed by atoms with Crippen molar-refractivity contribution in [2.45, 2.75) is 19.8 Å². The fourth-order valence-corrected chi connectivity index (χ4v) is 1.53. The Morgan fingerprint density at radius 1 is 1.56 bits per heavy atom. The van der Waals surface area contributed by atoms with Crippen LogP contribution in [-0.4, -0.2) is 28.2 Å². The largest absolute Gasteiger partial charge is 0.396 e. The van der Waals surface area contributed by atoms with Crippen molar-refractivity contribution in [1.29, 1.82) is 0 Å². The molecule has 0 radical (unpaired) electrons. The van der Waals surface area contributed by atoms with Crippen LogP contribution in [0.25, 0.3) is 0 Å². The molecule has 0 atom stereocenters. The van der Waals surface area contributed by atoms with Crippen LogP contribution in [0.4, 0.5) is 11.8 Å². The molecule has 0 aromatic carbocycles. The number of rotatable bonds is 5. The summed E-state index contributed by atoms with van der Waals surface area (Å²) in [4.78, 5) is 8.22. The van der Waals surface area contributed by atoms with E-state index in [0.717, 1.165) is 30.8 Å². The summed E-state index contributed by atoms with van der Waals surface area (Å²) >= 11 is 0. The SMILES string of the molecule is Cc1cnc(NN)nc1NCC1(CO)CC1. The molecule has 0 aliphatic heterocycles. The van der Waals surface area contributed by atoms with Gasteiger partial charge in [-0.2, -0.15) is 4.98 Å². The van der Waals surface area contributed by atoms with Gasteiger partial charge in [0.15, 0.2) is 0 Å². The molecule has 2 rings (SSSR count). The first-order valence-electron chi connectivity index (χ1n) is 5.34. The van der Waals surface area contributed by atoms with Crippen LogP contribution in [0.5, 0.6) is 0 Å². The molecule has 16 heavy (non-hydrogen) atoms. The number of anilines is 2. The van der Waals surface area contributed by atoms with E-state index in [4.69, 9.17) is 5.84 Å². The number of hydrogen-bond donors (Lipinski definition) is 4. The molecule has 0 saturated heterocycles. The normalized spacial score (nSPS) is 16.9. The summed E-state index contributed by atoms with van der Waals surface area (Å²) in [7, 11) is 0. The summed E-state index contributed by atoms with van der Waals surface area (Å²) in [5, 5.41) is 12.4. The smallest absolute Gasteiger partial charge is 0.239 e. The Morgan fingerprint density at radius 2 is 2.31 bits per heavy atom. The first-order valence-corrected chi connectivity index (χ1v) is 5.34. The molecule has 1 aromatic rings. The van der Waals surface area contributed by atoms with Gasteiger partial charge in [0.25, 0.3) is 0 Å². The third kappa shape index (κ3) is 2.23. The van der Waals surface area contributed by atoms with Crippen LogP contribution in [0.2, 0.25) is 0 Å². The highest BCUT2D eigenvalue weighted by Crippen LogP contribution is 2.44. The monoisotopic (exact) mass is 223 g/mol. The number of nitrogen functional groups attached to an aromatic ring is 1. The molecule has 6 nitrogen and oxygen atoms in total. The summed E-state index contributed by atoms with van der Waals surface area (Å²) in [6.45, 7) is 2.90. The fourth-order valence-electron chi connectivity index (χ4n) is 1.53. The van der Waals surface area contributed by atoms with Crippen molar-refractivity contribution in [3.8, 4) is 0 Å². The number of nitrogens with one attached hydrogen (secondary N) is 2. The Bertz CT molecular complexity index is 377. The van der Waals surface area contributed by atoms with Gasteiger partial charge in [0.2, 0.25) is 5.95 Å². The Labute approximate surface area is 94.3 Å². The topological polar surface area (TPSA) is 96.1 Å². The molecular weight excluding hydrogens is 206 g/mol. The van der Waals surface area contributed by atoms with E-state index in [1.54, 1.807) is 6.20 Å². The van der Waals surface area contributed by atoms with E-state index in [0.29, 0.717) is 5.95 Å². The van der Waals surface area contributed by atoms with E-state index in [2.05, 4.69) is 20.7 Å². The Kier molecular flexibility index (Phi) is 2.93. The zero-order valence-corrected chi connectivity index (χ0v) is 9.32. The first kappa shape index (κ1) is 11.1. The molecule has 6 heteroatoms. The number of aryl methyl sites for hydroxylation is 1. The molecule has 1 heterocycles. The van der Waals surface area contributed by atoms with E-state index >= 15 is 0 Å². The second kappa shape index (κ2) is 4.23. The van der Waals surface area contributed by atoms with E-state index in [-0.39, 0.29) is 12.0 Å². The number of hydrazine groups is 1. The zero-order chi connectivity index (χ0) is 11.6. The van der Waals surface area contributed by atoms with Gasteiger partial charge >= 0.3 is 0 Å². The Morgan fingerprint density at radius 3 is 2.88 bits per heavy atom. The second-order valence-electron chi connectivity index (χ2n) is 4.38. The summed E-state index contributed by atoms with van der Waals surface area (Å²) in [5.41, 5.74) is 3.44. The number of aliphatic hydroxyl groups is 1. The molecular formula is C10H17N5O. The standard InChI is InChI=1S/C10H17N5O/c1-7-4-12-9(15-11)14-8(7)13-5-10(6-16)2-3-10/h4,16H,2-3,5-6,11H2,1H3,(H2,12,13,14,15). The van der Waals surface area contributed by atoms with Gasteiger partial charge in [-0.05, 0) is 19.8 Å². The minimum atomic E-state index is 0.0632. The molecule has 0 amide bonds. The average Bonchev–Trinajstić information content (AvgIpc) is 3.09. The average molecular weight is 223 g/mol. The minimum Gasteiger partial charge on any atom is -0.396 e. The Hall–Kier alpha value is -1.40. The third-order valence-electron chi connectivity index (χ3n) is 3.02. The van der Waals surface area contributed by atoms with Gasteiger partial charge in [0, 0.05) is 23.7 Å². The van der Waals surface area contributed by atoms with Crippen LogP contribution in [0.1, 0.15) is 18.4 Å². The number of aliphatic hydroxyl groups excluding tert-OH is 1. The van der Waals surface area contributed by atoms with Crippen molar-refractivity contribution in [1.82, 2.24) is 9.97 Å². The lowest BCUT2D eigenvalue weighted by molar-refractivity contribution is 0.219. The van der Waals surface area contributed by atoms with Crippen LogP contribution >= 0.6 is 0 Å². The van der Waals surface area contributed by atoms with Gasteiger partial charge in [-0.3, -0.25) is 5.43 Å². The predicted octanol–water partition coefficient (Wildman–Crippen LogP) is 0.255. The molecule has 88 valence electrons. The van der Waals surface area contributed by atoms with E-state index in [1.165, 1.54) is 0 Å². The summed E-state index contributed by atoms with van der Waals surface area (Å²) < 4.78 is 0. The molecule has 1 fully saturated rings. The highest BCUT2D eigenvalue weighted by Gasteiger charge is 2.41. The third-order valence-corrected chi connectivity index (χ3v) is 3.02. The van der Waals surface area contributed by atoms with Crippen LogP contribution < -0.4 is 16.6 Å². The number of nitrogens with two attached hydrogens (primary N) is 1. The lowest BCUT2D eigenvalue weighted by Gasteiger charge is -2.14. The lowest BCUT2D eigenvalue weighted by atomic mass is 10.1. The fraction of sp³-hybridized carbons (Fsp3) is 0.600. The van der Waals surface area contributed by atoms with Gasteiger partial charge in [-0.1, -0.05) is 0 Å². The van der Waals surface area contributed by atoms with Gasteiger partial charge < -0.3 is 10.4 Å². The van der Waals surface area contributed by atoms with E-state index < -0.39 is 0 Å². The highest BCUT2D eigenvalue weighted by molar-refractivity contribution is 5.46. The predicted molar refractivity (Wildman–Crippen MR) is 61.8 cm³/mol. The summed E-state index contributed by atoms with van der Waals surface area (Å²) in [6, 6.07) is 0. The molecule has 1 saturated carbocycles. The Balaban J connectivity index is 2.03. The molecule has 0 bridgehead atoms. The maximum Gasteiger partial charge on any atom is 0.239 e. The summed E-state index contributed by atoms with van der Waals surface area (Å²) in [5.74, 6) is 6.40. The van der Waals surface area contributed by atoms with Crippen molar-refractivity contribution in [3.63, 3.8) is 0 Å². The zero-order valence-electron chi connectivity index (χ0n) is 9.32. The number of nitrogens with zero attached hydrogens (tertiary/aromatic N) is 2. The van der Waals surface area contributed by atoms with Gasteiger partial charge in [0.1, 0.15) is 5.82 Å². The van der Waals surface area contributed by atoms with Gasteiger partial charge in [-0.25, -0.2) is 10.8 Å². The molecule has 1 aliphatic rings. The van der Waals surface area contributed by atoms with E-state index in [9.17, 15) is 5.11 Å². The minimum absolute atomic E-state index is 0.0632. The number of hydrogen-bond acceptors (Lipinski definition) is 6. The van der Waals surface area contributed by atoms with Crippen LogP contribution in [-0.2, 0) is 0 Å². The molecule has 0 spiro atoms. The van der Waals surface area contributed by atoms with Crippen LogP contribution in [0.15, 0.2) is 6.20 Å². The van der Waals surface area contributed by atoms with Crippen molar-refractivity contribution in [2.24, 2.45) is 11.3 Å². The molecule has 0 unspecified atom stereocenters. The maximum atomic E-state index is 9.20. The van der Waals surface area contributed by atoms with Gasteiger partial charge in [-0.15, -0.1) is 0 Å². The van der Waals surface area contributed by atoms with Crippen molar-refractivity contribution in [2.75, 3.05) is 23.9 Å². The second-order valence-corrected chi connectivity index (χ2v) is 4.38. The van der Waals surface area contributed by atoms with Crippen molar-refractivity contribution < 1.29 is 5.11 Å². The van der Waals surface area contributed by atoms with Crippen molar-refractivity contribution >= 4 is 11.8 Å². The molecule has 1 aliphatic carbocycles. The van der Waals surface area contributed by atoms with Crippen molar-refractivity contribution in [3.05, 3.63) is 11.8 Å². The molecule has 1 aromatic heterocycles. The van der Waals surface area contributed by atoms with Crippen LogP contribution in [0, 0.1) is 12.3 Å². The lowest BCUT2D eigenvalue weighted by Crippen LogP contribution is -2.21. The maximum absolute atomic E-state index is 9.20. The summed E-state index contributed by atoms with van der Waals surface area (Å²) in [6.07, 6.45) is 3.86. The quantitative estimate of drug-likeness (QED) is 0.422. The van der Waals surface area contributed by atoms with E-state index in [1.807, 2.05) is 6.92 Å².